The van der Waals surface area contributed by atoms with Crippen LogP contribution in [0.15, 0.2) is 0 Å². The van der Waals surface area contributed by atoms with E-state index in [0.29, 0.717) is 13.1 Å². The van der Waals surface area contributed by atoms with Crippen molar-refractivity contribution in [3.05, 3.63) is 0 Å². The molecule has 1 aliphatic rings. The van der Waals surface area contributed by atoms with Gasteiger partial charge < -0.3 is 15.1 Å². The summed E-state index contributed by atoms with van der Waals surface area (Å²) in [5, 5.41) is 21.5. The third-order valence-electron chi connectivity index (χ3n) is 8.00. The van der Waals surface area contributed by atoms with Crippen LogP contribution in [0.4, 0.5) is 0 Å². The number of unbranched alkanes of at least 4 members (excludes halogenated alkanes) is 10. The topological polar surface area (TPSA) is 50.2 Å². The normalized spacial score (nSPS) is 16.8. The second-order valence-corrected chi connectivity index (χ2v) is 14.6. The van der Waals surface area contributed by atoms with E-state index in [1.54, 1.807) is 0 Å². The van der Waals surface area contributed by atoms with Gasteiger partial charge in [-0.1, -0.05) is 119 Å². The molecule has 2 N–H and O–H groups in total. The summed E-state index contributed by atoms with van der Waals surface area (Å²) in [6.07, 6.45) is 18.9. The van der Waals surface area contributed by atoms with Crippen LogP contribution in [-0.4, -0.2) is 108 Å². The number of piperazine rings is 1. The van der Waals surface area contributed by atoms with E-state index in [1.807, 2.05) is 21.6 Å². The molecule has 1 fully saturated rings. The number of aliphatic hydroxyl groups excluding tert-OH is 2. The second-order valence-electron chi connectivity index (χ2n) is 11.9. The molecule has 1 saturated heterocycles. The fourth-order valence-electron chi connectivity index (χ4n) is 5.54. The summed E-state index contributed by atoms with van der Waals surface area (Å²) in [6, 6.07) is 0. The summed E-state index contributed by atoms with van der Waals surface area (Å²) in [6.45, 7) is 16.6. The summed E-state index contributed by atoms with van der Waals surface area (Å²) in [7, 11) is 4.02. The van der Waals surface area contributed by atoms with Gasteiger partial charge in [-0.15, -0.1) is 0 Å². The molecule has 5 nitrogen and oxygen atoms in total. The minimum Gasteiger partial charge on any atom is -0.392 e. The van der Waals surface area contributed by atoms with Gasteiger partial charge in [0.05, 0.1) is 12.2 Å². The average molecular weight is 590 g/mol. The van der Waals surface area contributed by atoms with E-state index < -0.39 is 0 Å². The van der Waals surface area contributed by atoms with Crippen molar-refractivity contribution in [2.75, 3.05) is 70.4 Å². The summed E-state index contributed by atoms with van der Waals surface area (Å²) < 4.78 is 0. The molecule has 2 atom stereocenters. The lowest BCUT2D eigenvalue weighted by molar-refractivity contribution is 0.0607. The highest BCUT2D eigenvalue weighted by molar-refractivity contribution is 8.76. The van der Waals surface area contributed by atoms with Gasteiger partial charge in [0, 0.05) is 57.3 Å². The Hall–Kier alpha value is 0.500. The lowest BCUT2D eigenvalue weighted by Gasteiger charge is -2.34. The van der Waals surface area contributed by atoms with Gasteiger partial charge in [-0.25, -0.2) is 0 Å². The molecule has 0 aliphatic carbocycles. The SMILES string of the molecule is CCCCCCCCC(O)CN(CCCSSCCN1CCN(CCC)CC1)CC(O)CCCCCCCC. The molecule has 0 aromatic rings. The molecular weight excluding hydrogens is 523 g/mol. The Balaban J connectivity index is 2.25. The van der Waals surface area contributed by atoms with Crippen molar-refractivity contribution < 1.29 is 10.2 Å². The van der Waals surface area contributed by atoms with Gasteiger partial charge in [0.15, 0.2) is 0 Å². The van der Waals surface area contributed by atoms with E-state index >= 15 is 0 Å². The van der Waals surface area contributed by atoms with Gasteiger partial charge in [0.1, 0.15) is 0 Å². The predicted octanol–water partition coefficient (Wildman–Crippen LogP) is 7.31. The van der Waals surface area contributed by atoms with Crippen LogP contribution in [0.25, 0.3) is 0 Å². The van der Waals surface area contributed by atoms with Crippen molar-refractivity contribution in [3.8, 4) is 0 Å². The lowest BCUT2D eigenvalue weighted by Crippen LogP contribution is -2.47. The molecule has 39 heavy (non-hydrogen) atoms. The van der Waals surface area contributed by atoms with Gasteiger partial charge in [-0.2, -0.15) is 0 Å². The molecule has 0 radical (unpaired) electrons. The maximum Gasteiger partial charge on any atom is 0.0667 e. The van der Waals surface area contributed by atoms with E-state index in [9.17, 15) is 10.2 Å². The zero-order valence-corrected chi connectivity index (χ0v) is 27.9. The van der Waals surface area contributed by atoms with Crippen molar-refractivity contribution in [3.63, 3.8) is 0 Å². The molecular formula is C32H67N3O2S2. The largest absolute Gasteiger partial charge is 0.392 e. The first-order chi connectivity index (χ1) is 19.1. The van der Waals surface area contributed by atoms with Gasteiger partial charge in [-0.3, -0.25) is 9.80 Å². The van der Waals surface area contributed by atoms with E-state index in [-0.39, 0.29) is 12.2 Å². The van der Waals surface area contributed by atoms with E-state index in [4.69, 9.17) is 0 Å². The maximum absolute atomic E-state index is 10.7. The smallest absolute Gasteiger partial charge is 0.0667 e. The monoisotopic (exact) mass is 589 g/mol. The first-order valence-electron chi connectivity index (χ1n) is 16.9. The fourth-order valence-corrected chi connectivity index (χ4v) is 7.64. The molecule has 0 spiro atoms. The number of rotatable bonds is 28. The third-order valence-corrected chi connectivity index (χ3v) is 10.5. The minimum absolute atomic E-state index is 0.266. The van der Waals surface area contributed by atoms with Crippen molar-refractivity contribution in [1.29, 1.82) is 0 Å². The van der Waals surface area contributed by atoms with Crippen molar-refractivity contribution in [2.45, 2.75) is 136 Å². The quantitative estimate of drug-likeness (QED) is 0.0733. The zero-order valence-electron chi connectivity index (χ0n) is 26.3. The summed E-state index contributed by atoms with van der Waals surface area (Å²) in [4.78, 5) is 7.57. The summed E-state index contributed by atoms with van der Waals surface area (Å²) >= 11 is 0. The average Bonchev–Trinajstić information content (AvgIpc) is 2.93. The van der Waals surface area contributed by atoms with Gasteiger partial charge in [-0.05, 0) is 38.8 Å². The Morgan fingerprint density at radius 1 is 0.564 bits per heavy atom. The van der Waals surface area contributed by atoms with Crippen LogP contribution in [0.3, 0.4) is 0 Å². The van der Waals surface area contributed by atoms with Crippen molar-refractivity contribution in [1.82, 2.24) is 14.7 Å². The van der Waals surface area contributed by atoms with Crippen LogP contribution >= 0.6 is 21.6 Å². The highest BCUT2D eigenvalue weighted by atomic mass is 33.1. The Kier molecular flexibility index (Phi) is 26.3. The standard InChI is InChI=1S/C32H67N3O2S2/c1-4-7-9-11-13-15-18-31(36)29-35(30-32(37)19-16-14-12-10-8-5-2)21-17-27-38-39-28-26-34-24-22-33(20-6-3)23-25-34/h31-32,36-37H,4-30H2,1-3H3. The molecule has 0 saturated carbocycles. The fraction of sp³-hybridized carbons (Fsp3) is 1.00. The highest BCUT2D eigenvalue weighted by Gasteiger charge is 2.17. The number of nitrogens with zero attached hydrogens (tertiary/aromatic N) is 3. The molecule has 0 aromatic carbocycles. The van der Waals surface area contributed by atoms with Crippen LogP contribution in [0.5, 0.6) is 0 Å². The summed E-state index contributed by atoms with van der Waals surface area (Å²) in [5.41, 5.74) is 0. The molecule has 1 rings (SSSR count). The first kappa shape index (κ1) is 37.5. The number of aliphatic hydroxyl groups is 2. The van der Waals surface area contributed by atoms with Crippen LogP contribution in [-0.2, 0) is 0 Å². The van der Waals surface area contributed by atoms with E-state index in [0.717, 1.165) is 44.4 Å². The van der Waals surface area contributed by atoms with Crippen LogP contribution in [0.2, 0.25) is 0 Å². The zero-order chi connectivity index (χ0) is 28.4. The molecule has 1 heterocycles. The van der Waals surface area contributed by atoms with Gasteiger partial charge >= 0.3 is 0 Å². The van der Waals surface area contributed by atoms with Crippen molar-refractivity contribution >= 4 is 21.6 Å². The highest BCUT2D eigenvalue weighted by Crippen LogP contribution is 2.22. The maximum atomic E-state index is 10.7. The Morgan fingerprint density at radius 2 is 1.03 bits per heavy atom. The molecule has 0 amide bonds. The molecule has 0 aromatic heterocycles. The molecule has 7 heteroatoms. The molecule has 234 valence electrons. The predicted molar refractivity (Wildman–Crippen MR) is 177 cm³/mol. The Labute approximate surface area is 252 Å². The van der Waals surface area contributed by atoms with Crippen molar-refractivity contribution in [2.24, 2.45) is 0 Å². The first-order valence-corrected chi connectivity index (χ1v) is 19.3. The number of hydrogen-bond acceptors (Lipinski definition) is 7. The van der Waals surface area contributed by atoms with Gasteiger partial charge in [0.25, 0.3) is 0 Å². The Bertz CT molecular complexity index is 486. The number of hydrogen-bond donors (Lipinski definition) is 2. The van der Waals surface area contributed by atoms with Crippen LogP contribution < -0.4 is 0 Å². The van der Waals surface area contributed by atoms with E-state index in [1.165, 1.54) is 116 Å². The van der Waals surface area contributed by atoms with Gasteiger partial charge in [0.2, 0.25) is 0 Å². The molecule has 0 bridgehead atoms. The Morgan fingerprint density at radius 3 is 1.54 bits per heavy atom. The molecule has 2 unspecified atom stereocenters. The third kappa shape index (κ3) is 22.7. The van der Waals surface area contributed by atoms with Crippen LogP contribution in [0, 0.1) is 0 Å². The van der Waals surface area contributed by atoms with Crippen LogP contribution in [0.1, 0.15) is 124 Å². The summed E-state index contributed by atoms with van der Waals surface area (Å²) in [5.74, 6) is 2.35. The minimum atomic E-state index is -0.266. The second kappa shape index (κ2) is 27.3. The van der Waals surface area contributed by atoms with E-state index in [2.05, 4.69) is 35.5 Å². The molecule has 1 aliphatic heterocycles. The lowest BCUT2D eigenvalue weighted by atomic mass is 10.1.